The summed E-state index contributed by atoms with van der Waals surface area (Å²) in [6, 6.07) is 2.09. The fourth-order valence-corrected chi connectivity index (χ4v) is 7.67. The molecular formula is C28H35F4N7O2. The molecule has 2 bridgehead atoms. The Bertz CT molecular complexity index is 1330. The highest BCUT2D eigenvalue weighted by atomic mass is 19.4. The van der Waals surface area contributed by atoms with Gasteiger partial charge in [0, 0.05) is 50.1 Å². The summed E-state index contributed by atoms with van der Waals surface area (Å²) in [6.45, 7) is 4.47. The highest BCUT2D eigenvalue weighted by molar-refractivity contribution is 5.52. The van der Waals surface area contributed by atoms with Crippen molar-refractivity contribution in [2.75, 3.05) is 43.4 Å². The van der Waals surface area contributed by atoms with Crippen molar-refractivity contribution in [3.63, 3.8) is 0 Å². The van der Waals surface area contributed by atoms with E-state index in [-0.39, 0.29) is 48.3 Å². The Morgan fingerprint density at radius 2 is 1.95 bits per heavy atom. The average molecular weight is 578 g/mol. The van der Waals surface area contributed by atoms with Gasteiger partial charge in [-0.3, -0.25) is 4.90 Å². The number of ether oxygens (including phenoxy) is 2. The molecule has 7 heterocycles. The lowest BCUT2D eigenvalue weighted by Gasteiger charge is -2.37. The molecule has 41 heavy (non-hydrogen) atoms. The molecule has 4 fully saturated rings. The molecule has 0 radical (unpaired) electrons. The van der Waals surface area contributed by atoms with Crippen LogP contribution in [0.5, 0.6) is 6.01 Å². The maximum Gasteiger partial charge on any atom is 0.418 e. The fraction of sp³-hybridized carbons (Fsp3) is 0.679. The Morgan fingerprint density at radius 1 is 1.17 bits per heavy atom. The number of aromatic nitrogens is 3. The number of piperazine rings is 1. The third-order valence-corrected chi connectivity index (χ3v) is 9.46. The van der Waals surface area contributed by atoms with Gasteiger partial charge in [-0.15, -0.1) is 0 Å². The standard InChI is InChI=1S/C28H35F4N7O2/c1-15-7-22(33)36-24(23(15)28(30,31)32)21-8-20-19(13-40-21)25(38-11-17-3-4-18(12-38)34-17)37-26(35-20)41-14-27-5-2-6-39(27)10-16(29)9-27/h7,16-18,21,34H,2-6,8-14H2,1H3,(H2,33,36)/t16-,17?,18?,21-,27+/m1/s1. The lowest BCUT2D eigenvalue weighted by Crippen LogP contribution is -2.52. The summed E-state index contributed by atoms with van der Waals surface area (Å²) in [5.41, 5.74) is 5.79. The number of nitrogens with zero attached hydrogens (tertiary/aromatic N) is 5. The second-order valence-corrected chi connectivity index (χ2v) is 12.3. The molecule has 0 aliphatic carbocycles. The van der Waals surface area contributed by atoms with Gasteiger partial charge in [0.15, 0.2) is 0 Å². The Morgan fingerprint density at radius 3 is 2.71 bits per heavy atom. The third kappa shape index (κ3) is 4.89. The maximum atomic E-state index is 14.4. The number of nitrogens with two attached hydrogens (primary N) is 1. The minimum atomic E-state index is -4.61. The summed E-state index contributed by atoms with van der Waals surface area (Å²) in [5, 5.41) is 3.62. The molecule has 2 aromatic heterocycles. The first kappa shape index (κ1) is 27.1. The average Bonchev–Trinajstić information content (AvgIpc) is 3.55. The zero-order valence-electron chi connectivity index (χ0n) is 23.0. The van der Waals surface area contributed by atoms with Crippen molar-refractivity contribution >= 4 is 11.6 Å². The van der Waals surface area contributed by atoms with Gasteiger partial charge in [-0.1, -0.05) is 0 Å². The van der Waals surface area contributed by atoms with Gasteiger partial charge in [0.1, 0.15) is 30.5 Å². The predicted molar refractivity (Wildman–Crippen MR) is 142 cm³/mol. The molecule has 0 aromatic carbocycles. The van der Waals surface area contributed by atoms with E-state index in [4.69, 9.17) is 25.2 Å². The number of hydrogen-bond acceptors (Lipinski definition) is 9. The number of rotatable bonds is 5. The molecule has 2 unspecified atom stereocenters. The Balaban J connectivity index is 1.23. The maximum absolute atomic E-state index is 14.4. The SMILES string of the molecule is Cc1cc(N)nc([C@H]2Cc3nc(OC[C@@]45CCCN4C[C@H](F)C5)nc(N4CC5CCC(C4)N5)c3CO2)c1C(F)(F)F. The Hall–Kier alpha value is -2.77. The fourth-order valence-electron chi connectivity index (χ4n) is 7.67. The van der Waals surface area contributed by atoms with Crippen LogP contribution in [-0.2, 0) is 23.9 Å². The number of fused-ring (bicyclic) bond motifs is 4. The van der Waals surface area contributed by atoms with Crippen LogP contribution in [0.15, 0.2) is 6.07 Å². The summed E-state index contributed by atoms with van der Waals surface area (Å²) in [7, 11) is 0. The van der Waals surface area contributed by atoms with E-state index < -0.39 is 24.0 Å². The first-order chi connectivity index (χ1) is 19.6. The molecule has 13 heteroatoms. The molecule has 5 aliphatic rings. The van der Waals surface area contributed by atoms with Crippen LogP contribution in [0, 0.1) is 6.92 Å². The molecule has 4 saturated heterocycles. The highest BCUT2D eigenvalue weighted by Gasteiger charge is 2.49. The molecule has 2 aromatic rings. The largest absolute Gasteiger partial charge is 0.461 e. The number of anilines is 2. The van der Waals surface area contributed by atoms with Crippen molar-refractivity contribution in [2.24, 2.45) is 0 Å². The molecular weight excluding hydrogens is 542 g/mol. The zero-order valence-corrected chi connectivity index (χ0v) is 23.0. The van der Waals surface area contributed by atoms with Crippen LogP contribution in [0.4, 0.5) is 29.2 Å². The number of hydrogen-bond donors (Lipinski definition) is 2. The Kier molecular flexibility index (Phi) is 6.55. The monoisotopic (exact) mass is 577 g/mol. The van der Waals surface area contributed by atoms with E-state index >= 15 is 0 Å². The number of aryl methyl sites for hydroxylation is 1. The van der Waals surface area contributed by atoms with Crippen LogP contribution < -0.4 is 20.7 Å². The summed E-state index contributed by atoms with van der Waals surface area (Å²) in [6.07, 6.45) is -1.99. The molecule has 5 aliphatic heterocycles. The van der Waals surface area contributed by atoms with Crippen molar-refractivity contribution in [2.45, 2.75) is 88.1 Å². The minimum absolute atomic E-state index is 0.00110. The van der Waals surface area contributed by atoms with Gasteiger partial charge in [-0.2, -0.15) is 23.1 Å². The van der Waals surface area contributed by atoms with Crippen LogP contribution in [0.1, 0.15) is 66.3 Å². The first-order valence-electron chi connectivity index (χ1n) is 14.5. The van der Waals surface area contributed by atoms with Crippen molar-refractivity contribution < 1.29 is 27.0 Å². The molecule has 222 valence electrons. The van der Waals surface area contributed by atoms with Crippen molar-refractivity contribution in [1.29, 1.82) is 0 Å². The quantitative estimate of drug-likeness (QED) is 0.517. The smallest absolute Gasteiger partial charge is 0.418 e. The molecule has 9 nitrogen and oxygen atoms in total. The van der Waals surface area contributed by atoms with E-state index in [0.717, 1.165) is 50.9 Å². The van der Waals surface area contributed by atoms with Crippen molar-refractivity contribution in [3.05, 3.63) is 34.1 Å². The highest BCUT2D eigenvalue weighted by Crippen LogP contribution is 2.43. The number of nitrogens with one attached hydrogen (secondary N) is 1. The molecule has 0 spiro atoms. The zero-order chi connectivity index (χ0) is 28.5. The lowest BCUT2D eigenvalue weighted by atomic mass is 9.95. The molecule has 3 N–H and O–H groups in total. The van der Waals surface area contributed by atoms with Crippen LogP contribution in [0.2, 0.25) is 0 Å². The number of alkyl halides is 4. The van der Waals surface area contributed by atoms with Gasteiger partial charge in [-0.05, 0) is 50.8 Å². The lowest BCUT2D eigenvalue weighted by molar-refractivity contribution is -0.140. The Labute approximate surface area is 235 Å². The molecule has 0 amide bonds. The van der Waals surface area contributed by atoms with Gasteiger partial charge in [0.25, 0.3) is 0 Å². The van der Waals surface area contributed by atoms with E-state index in [1.165, 1.54) is 13.0 Å². The van der Waals surface area contributed by atoms with Gasteiger partial charge < -0.3 is 25.4 Å². The topological polar surface area (TPSA) is 102 Å². The second kappa shape index (κ2) is 9.91. The minimum Gasteiger partial charge on any atom is -0.461 e. The molecule has 5 atom stereocenters. The summed E-state index contributed by atoms with van der Waals surface area (Å²) in [4.78, 5) is 18.0. The van der Waals surface area contributed by atoms with Crippen LogP contribution in [0.3, 0.4) is 0 Å². The van der Waals surface area contributed by atoms with Gasteiger partial charge in [0.2, 0.25) is 0 Å². The van der Waals surface area contributed by atoms with E-state index in [2.05, 4.69) is 20.1 Å². The number of halogens is 4. The number of nitrogen functional groups attached to an aromatic ring is 1. The number of pyridine rings is 1. The summed E-state index contributed by atoms with van der Waals surface area (Å²) >= 11 is 0. The normalized spacial score (nSPS) is 31.4. The van der Waals surface area contributed by atoms with Crippen molar-refractivity contribution in [3.8, 4) is 6.01 Å². The predicted octanol–water partition coefficient (Wildman–Crippen LogP) is 3.49. The summed E-state index contributed by atoms with van der Waals surface area (Å²) in [5.74, 6) is 0.705. The third-order valence-electron chi connectivity index (χ3n) is 9.46. The second-order valence-electron chi connectivity index (χ2n) is 12.3. The van der Waals surface area contributed by atoms with E-state index in [1.54, 1.807) is 0 Å². The van der Waals surface area contributed by atoms with Crippen molar-refractivity contribution in [1.82, 2.24) is 25.2 Å². The van der Waals surface area contributed by atoms with Crippen LogP contribution in [-0.4, -0.2) is 76.4 Å². The molecule has 0 saturated carbocycles. The van der Waals surface area contributed by atoms with Gasteiger partial charge >= 0.3 is 12.2 Å². The van der Waals surface area contributed by atoms with Crippen LogP contribution in [0.25, 0.3) is 0 Å². The van der Waals surface area contributed by atoms with Crippen LogP contribution >= 0.6 is 0 Å². The van der Waals surface area contributed by atoms with E-state index in [0.29, 0.717) is 36.6 Å². The molecule has 7 rings (SSSR count). The van der Waals surface area contributed by atoms with Gasteiger partial charge in [0.05, 0.1) is 29.1 Å². The first-order valence-corrected chi connectivity index (χ1v) is 14.5. The summed E-state index contributed by atoms with van der Waals surface area (Å²) < 4.78 is 68.9. The van der Waals surface area contributed by atoms with Gasteiger partial charge in [-0.25, -0.2) is 9.37 Å². The van der Waals surface area contributed by atoms with E-state index in [9.17, 15) is 17.6 Å². The van der Waals surface area contributed by atoms with E-state index in [1.807, 2.05) is 0 Å².